The molecule has 0 fully saturated rings. The second-order valence-electron chi connectivity index (χ2n) is 4.67. The normalized spacial score (nSPS) is 12.1. The Morgan fingerprint density at radius 1 is 1.21 bits per heavy atom. The van der Waals surface area contributed by atoms with Gasteiger partial charge in [-0.2, -0.15) is 0 Å². The minimum absolute atomic E-state index is 0.130. The number of carbonyl (C=O) groups is 1. The van der Waals surface area contributed by atoms with Crippen molar-refractivity contribution in [3.05, 3.63) is 35.9 Å². The van der Waals surface area contributed by atoms with Crippen LogP contribution in [0.5, 0.6) is 0 Å². The quantitative estimate of drug-likeness (QED) is 0.549. The van der Waals surface area contributed by atoms with E-state index in [1.165, 1.54) is 5.56 Å². The molecule has 0 spiro atoms. The molecule has 0 saturated carbocycles. The molecule has 19 heavy (non-hydrogen) atoms. The van der Waals surface area contributed by atoms with Crippen molar-refractivity contribution in [2.45, 2.75) is 52.1 Å². The van der Waals surface area contributed by atoms with Crippen LogP contribution in [0.4, 0.5) is 0 Å². The van der Waals surface area contributed by atoms with Crippen molar-refractivity contribution in [1.82, 2.24) is 5.32 Å². The summed E-state index contributed by atoms with van der Waals surface area (Å²) in [5, 5.41) is 3.30. The standard InChI is InChI=1S/C16H25NO2/c1-3-5-7-12-15(16(18)19-4-2)17-13-14-10-8-6-9-11-14/h6,8-11,15,17H,3-5,7,12-13H2,1-2H3. The van der Waals surface area contributed by atoms with Crippen LogP contribution in [-0.2, 0) is 16.1 Å². The number of carbonyl (C=O) groups excluding carboxylic acids is 1. The molecular weight excluding hydrogens is 238 g/mol. The third kappa shape index (κ3) is 6.39. The van der Waals surface area contributed by atoms with Crippen molar-refractivity contribution < 1.29 is 9.53 Å². The van der Waals surface area contributed by atoms with Crippen molar-refractivity contribution >= 4 is 5.97 Å². The number of benzene rings is 1. The second kappa shape index (κ2) is 9.56. The van der Waals surface area contributed by atoms with Gasteiger partial charge in [0, 0.05) is 6.54 Å². The average molecular weight is 263 g/mol. The SMILES string of the molecule is CCCCCC(NCc1ccccc1)C(=O)OCC. The Hall–Kier alpha value is -1.35. The summed E-state index contributed by atoms with van der Waals surface area (Å²) in [7, 11) is 0. The highest BCUT2D eigenvalue weighted by atomic mass is 16.5. The molecule has 106 valence electrons. The Morgan fingerprint density at radius 2 is 1.95 bits per heavy atom. The molecule has 0 aliphatic carbocycles. The van der Waals surface area contributed by atoms with Gasteiger partial charge >= 0.3 is 5.97 Å². The van der Waals surface area contributed by atoms with Crippen LogP contribution in [0.25, 0.3) is 0 Å². The van der Waals surface area contributed by atoms with Crippen LogP contribution in [0.3, 0.4) is 0 Å². The summed E-state index contributed by atoms with van der Waals surface area (Å²) in [5.41, 5.74) is 1.19. The predicted molar refractivity (Wildman–Crippen MR) is 77.8 cm³/mol. The van der Waals surface area contributed by atoms with Gasteiger partial charge in [0.2, 0.25) is 0 Å². The van der Waals surface area contributed by atoms with Crippen molar-refractivity contribution in [2.24, 2.45) is 0 Å². The van der Waals surface area contributed by atoms with Gasteiger partial charge in [0.25, 0.3) is 0 Å². The zero-order chi connectivity index (χ0) is 13.9. The van der Waals surface area contributed by atoms with E-state index in [1.807, 2.05) is 25.1 Å². The van der Waals surface area contributed by atoms with Crippen LogP contribution in [0.1, 0.15) is 45.1 Å². The summed E-state index contributed by atoms with van der Waals surface area (Å²) >= 11 is 0. The number of hydrogen-bond donors (Lipinski definition) is 1. The zero-order valence-corrected chi connectivity index (χ0v) is 12.0. The average Bonchev–Trinajstić information content (AvgIpc) is 2.44. The first-order valence-electron chi connectivity index (χ1n) is 7.21. The van der Waals surface area contributed by atoms with Gasteiger partial charge in [-0.25, -0.2) is 0 Å². The number of rotatable bonds is 9. The zero-order valence-electron chi connectivity index (χ0n) is 12.0. The molecular formula is C16H25NO2. The minimum Gasteiger partial charge on any atom is -0.465 e. The summed E-state index contributed by atoms with van der Waals surface area (Å²) in [4.78, 5) is 11.9. The smallest absolute Gasteiger partial charge is 0.323 e. The van der Waals surface area contributed by atoms with Gasteiger partial charge in [0.05, 0.1) is 6.61 Å². The van der Waals surface area contributed by atoms with E-state index in [0.29, 0.717) is 13.2 Å². The van der Waals surface area contributed by atoms with Crippen LogP contribution < -0.4 is 5.32 Å². The monoisotopic (exact) mass is 263 g/mol. The van der Waals surface area contributed by atoms with E-state index in [-0.39, 0.29) is 12.0 Å². The Balaban J connectivity index is 2.45. The van der Waals surface area contributed by atoms with Gasteiger partial charge in [-0.1, -0.05) is 56.5 Å². The minimum atomic E-state index is -0.188. The Bertz CT molecular complexity index is 351. The molecule has 1 aromatic carbocycles. The van der Waals surface area contributed by atoms with Crippen molar-refractivity contribution in [3.8, 4) is 0 Å². The highest BCUT2D eigenvalue weighted by Gasteiger charge is 2.18. The summed E-state index contributed by atoms with van der Waals surface area (Å²) in [5.74, 6) is -0.130. The van der Waals surface area contributed by atoms with Crippen LogP contribution in [0.15, 0.2) is 30.3 Å². The molecule has 0 bridgehead atoms. The maximum Gasteiger partial charge on any atom is 0.323 e. The first-order chi connectivity index (χ1) is 9.27. The predicted octanol–water partition coefficient (Wildman–Crippen LogP) is 3.29. The van der Waals surface area contributed by atoms with Gasteiger partial charge in [0.1, 0.15) is 6.04 Å². The van der Waals surface area contributed by atoms with Crippen LogP contribution in [0, 0.1) is 0 Å². The lowest BCUT2D eigenvalue weighted by Gasteiger charge is -2.17. The van der Waals surface area contributed by atoms with E-state index in [4.69, 9.17) is 4.74 Å². The van der Waals surface area contributed by atoms with Crippen LogP contribution >= 0.6 is 0 Å². The topological polar surface area (TPSA) is 38.3 Å². The van der Waals surface area contributed by atoms with Gasteiger partial charge in [-0.15, -0.1) is 0 Å². The molecule has 0 heterocycles. The second-order valence-corrected chi connectivity index (χ2v) is 4.67. The molecule has 1 rings (SSSR count). The Kier molecular flexibility index (Phi) is 7.91. The highest BCUT2D eigenvalue weighted by molar-refractivity contribution is 5.75. The third-order valence-corrected chi connectivity index (χ3v) is 3.06. The van der Waals surface area contributed by atoms with E-state index in [2.05, 4.69) is 24.4 Å². The Morgan fingerprint density at radius 3 is 2.58 bits per heavy atom. The number of ether oxygens (including phenoxy) is 1. The molecule has 0 saturated heterocycles. The van der Waals surface area contributed by atoms with Gasteiger partial charge in [0.15, 0.2) is 0 Å². The number of unbranched alkanes of at least 4 members (excludes halogenated alkanes) is 2. The summed E-state index contributed by atoms with van der Waals surface area (Å²) in [6.07, 6.45) is 4.22. The number of esters is 1. The highest BCUT2D eigenvalue weighted by Crippen LogP contribution is 2.07. The molecule has 0 aliphatic heterocycles. The van der Waals surface area contributed by atoms with E-state index in [1.54, 1.807) is 0 Å². The number of hydrogen-bond acceptors (Lipinski definition) is 3. The molecule has 1 atom stereocenters. The fraction of sp³-hybridized carbons (Fsp3) is 0.562. The summed E-state index contributed by atoms with van der Waals surface area (Å²) < 4.78 is 5.12. The Labute approximate surface area is 116 Å². The fourth-order valence-corrected chi connectivity index (χ4v) is 1.98. The number of nitrogens with one attached hydrogen (secondary N) is 1. The maximum absolute atomic E-state index is 11.9. The van der Waals surface area contributed by atoms with E-state index >= 15 is 0 Å². The molecule has 1 aromatic rings. The first-order valence-corrected chi connectivity index (χ1v) is 7.21. The van der Waals surface area contributed by atoms with Crippen LogP contribution in [0.2, 0.25) is 0 Å². The summed E-state index contributed by atoms with van der Waals surface area (Å²) in [6, 6.07) is 9.93. The third-order valence-electron chi connectivity index (χ3n) is 3.06. The first kappa shape index (κ1) is 15.7. The molecule has 1 N–H and O–H groups in total. The van der Waals surface area contributed by atoms with Gasteiger partial charge in [-0.3, -0.25) is 4.79 Å². The van der Waals surface area contributed by atoms with Gasteiger partial charge < -0.3 is 10.1 Å². The maximum atomic E-state index is 11.9. The lowest BCUT2D eigenvalue weighted by atomic mass is 10.1. The molecule has 3 nitrogen and oxygen atoms in total. The van der Waals surface area contributed by atoms with E-state index < -0.39 is 0 Å². The molecule has 3 heteroatoms. The van der Waals surface area contributed by atoms with E-state index in [0.717, 1.165) is 25.7 Å². The molecule has 0 aromatic heterocycles. The summed E-state index contributed by atoms with van der Waals surface area (Å²) in [6.45, 7) is 5.15. The largest absolute Gasteiger partial charge is 0.465 e. The molecule has 1 unspecified atom stereocenters. The fourth-order valence-electron chi connectivity index (χ4n) is 1.98. The molecule has 0 aliphatic rings. The lowest BCUT2D eigenvalue weighted by Crippen LogP contribution is -2.37. The van der Waals surface area contributed by atoms with Crippen molar-refractivity contribution in [3.63, 3.8) is 0 Å². The lowest BCUT2D eigenvalue weighted by molar-refractivity contribution is -0.145. The molecule has 0 radical (unpaired) electrons. The molecule has 0 amide bonds. The van der Waals surface area contributed by atoms with E-state index in [9.17, 15) is 4.79 Å². The van der Waals surface area contributed by atoms with Crippen molar-refractivity contribution in [2.75, 3.05) is 6.61 Å². The van der Waals surface area contributed by atoms with Crippen molar-refractivity contribution in [1.29, 1.82) is 0 Å². The van der Waals surface area contributed by atoms with Gasteiger partial charge in [-0.05, 0) is 18.9 Å². The van der Waals surface area contributed by atoms with Crippen LogP contribution in [-0.4, -0.2) is 18.6 Å².